The zero-order chi connectivity index (χ0) is 11.2. The van der Waals surface area contributed by atoms with Crippen molar-refractivity contribution >= 4 is 5.57 Å². The molecule has 0 saturated carbocycles. The van der Waals surface area contributed by atoms with E-state index in [2.05, 4.69) is 11.6 Å². The van der Waals surface area contributed by atoms with E-state index in [0.717, 1.165) is 30.7 Å². The van der Waals surface area contributed by atoms with Crippen LogP contribution in [0.1, 0.15) is 25.0 Å². The second-order valence-corrected chi connectivity index (χ2v) is 3.93. The number of hydrogen-bond donors (Lipinski definition) is 0. The van der Waals surface area contributed by atoms with E-state index < -0.39 is 0 Å². The minimum atomic E-state index is -0.0609. The summed E-state index contributed by atoms with van der Waals surface area (Å²) in [5, 5.41) is 0. The van der Waals surface area contributed by atoms with Crippen LogP contribution in [0, 0.1) is 0 Å². The predicted molar refractivity (Wildman–Crippen MR) is 62.8 cm³/mol. The van der Waals surface area contributed by atoms with E-state index in [4.69, 9.17) is 9.47 Å². The Morgan fingerprint density at radius 1 is 1.50 bits per heavy atom. The average molecular weight is 219 g/mol. The molecule has 3 nitrogen and oxygen atoms in total. The van der Waals surface area contributed by atoms with Crippen molar-refractivity contribution in [1.82, 2.24) is 4.98 Å². The quantitative estimate of drug-likeness (QED) is 0.780. The Morgan fingerprint density at radius 2 is 2.44 bits per heavy atom. The smallest absolute Gasteiger partial charge is 0.158 e. The predicted octanol–water partition coefficient (Wildman–Crippen LogP) is 2.64. The van der Waals surface area contributed by atoms with Crippen LogP contribution in [0.5, 0.6) is 0 Å². The van der Waals surface area contributed by atoms with E-state index in [1.807, 2.05) is 18.2 Å². The molecule has 1 aromatic rings. The standard InChI is InChI=1S/C13H17NO2/c1-11(12-6-2-4-8-14-12)10-16-13-7-3-5-9-15-13/h2,4,6,8,13H,1,3,5,7,9-10H2/t13-/m1/s1. The summed E-state index contributed by atoms with van der Waals surface area (Å²) < 4.78 is 11.1. The van der Waals surface area contributed by atoms with Gasteiger partial charge in [0.05, 0.1) is 12.3 Å². The first-order valence-corrected chi connectivity index (χ1v) is 5.68. The maximum Gasteiger partial charge on any atom is 0.158 e. The van der Waals surface area contributed by atoms with E-state index in [-0.39, 0.29) is 6.29 Å². The van der Waals surface area contributed by atoms with Crippen molar-refractivity contribution in [1.29, 1.82) is 0 Å². The van der Waals surface area contributed by atoms with Gasteiger partial charge in [0.25, 0.3) is 0 Å². The third kappa shape index (κ3) is 3.15. The molecular formula is C13H17NO2. The minimum Gasteiger partial charge on any atom is -0.353 e. The summed E-state index contributed by atoms with van der Waals surface area (Å²) in [4.78, 5) is 4.22. The van der Waals surface area contributed by atoms with Crippen LogP contribution in [0.2, 0.25) is 0 Å². The van der Waals surface area contributed by atoms with E-state index in [1.54, 1.807) is 6.20 Å². The fourth-order valence-electron chi connectivity index (χ4n) is 1.68. The van der Waals surface area contributed by atoms with Crippen molar-refractivity contribution in [2.75, 3.05) is 13.2 Å². The van der Waals surface area contributed by atoms with Crippen LogP contribution in [0.4, 0.5) is 0 Å². The molecule has 1 fully saturated rings. The number of pyridine rings is 1. The highest BCUT2D eigenvalue weighted by atomic mass is 16.7. The van der Waals surface area contributed by atoms with Gasteiger partial charge >= 0.3 is 0 Å². The molecule has 0 N–H and O–H groups in total. The third-order valence-electron chi connectivity index (χ3n) is 2.61. The van der Waals surface area contributed by atoms with Gasteiger partial charge in [-0.2, -0.15) is 0 Å². The lowest BCUT2D eigenvalue weighted by Crippen LogP contribution is -2.22. The van der Waals surface area contributed by atoms with Gasteiger partial charge in [0.2, 0.25) is 0 Å². The molecule has 1 aliphatic heterocycles. The summed E-state index contributed by atoms with van der Waals surface area (Å²) in [6.45, 7) is 5.26. The average Bonchev–Trinajstić information content (AvgIpc) is 2.38. The Morgan fingerprint density at radius 3 is 3.12 bits per heavy atom. The van der Waals surface area contributed by atoms with Crippen molar-refractivity contribution in [3.8, 4) is 0 Å². The van der Waals surface area contributed by atoms with Crippen LogP contribution in [0.3, 0.4) is 0 Å². The number of ether oxygens (including phenoxy) is 2. The highest BCUT2D eigenvalue weighted by Gasteiger charge is 2.14. The summed E-state index contributed by atoms with van der Waals surface area (Å²) in [7, 11) is 0. The van der Waals surface area contributed by atoms with Crippen molar-refractivity contribution in [3.63, 3.8) is 0 Å². The second kappa shape index (κ2) is 5.77. The Bertz CT molecular complexity index is 331. The van der Waals surface area contributed by atoms with Gasteiger partial charge in [0.15, 0.2) is 6.29 Å². The summed E-state index contributed by atoms with van der Waals surface area (Å²) in [5.41, 5.74) is 1.79. The number of rotatable bonds is 4. The molecule has 0 aromatic carbocycles. The maximum absolute atomic E-state index is 5.64. The van der Waals surface area contributed by atoms with Crippen LogP contribution >= 0.6 is 0 Å². The molecule has 0 spiro atoms. The Balaban J connectivity index is 1.79. The second-order valence-electron chi connectivity index (χ2n) is 3.93. The molecule has 86 valence electrons. The van der Waals surface area contributed by atoms with Crippen LogP contribution in [0.25, 0.3) is 5.57 Å². The fraction of sp³-hybridized carbons (Fsp3) is 0.462. The van der Waals surface area contributed by atoms with E-state index >= 15 is 0 Å². The molecule has 16 heavy (non-hydrogen) atoms. The lowest BCUT2D eigenvalue weighted by molar-refractivity contribution is -0.154. The summed E-state index contributed by atoms with van der Waals surface area (Å²) >= 11 is 0. The van der Waals surface area contributed by atoms with Gasteiger partial charge in [-0.15, -0.1) is 0 Å². The lowest BCUT2D eigenvalue weighted by Gasteiger charge is -2.22. The fourth-order valence-corrected chi connectivity index (χ4v) is 1.68. The van der Waals surface area contributed by atoms with Crippen LogP contribution in [-0.4, -0.2) is 24.5 Å². The first-order chi connectivity index (χ1) is 7.86. The molecule has 0 radical (unpaired) electrons. The third-order valence-corrected chi connectivity index (χ3v) is 2.61. The van der Waals surface area contributed by atoms with E-state index in [9.17, 15) is 0 Å². The van der Waals surface area contributed by atoms with Crippen LogP contribution < -0.4 is 0 Å². The number of hydrogen-bond acceptors (Lipinski definition) is 3. The minimum absolute atomic E-state index is 0.0609. The van der Waals surface area contributed by atoms with Gasteiger partial charge < -0.3 is 9.47 Å². The van der Waals surface area contributed by atoms with Gasteiger partial charge in [0.1, 0.15) is 0 Å². The number of nitrogens with zero attached hydrogens (tertiary/aromatic N) is 1. The molecule has 2 rings (SSSR count). The van der Waals surface area contributed by atoms with Crippen molar-refractivity contribution in [3.05, 3.63) is 36.7 Å². The van der Waals surface area contributed by atoms with Gasteiger partial charge in [-0.3, -0.25) is 4.98 Å². The Hall–Kier alpha value is -1.19. The first-order valence-electron chi connectivity index (χ1n) is 5.68. The lowest BCUT2D eigenvalue weighted by atomic mass is 10.2. The Kier molecular flexibility index (Phi) is 4.08. The maximum atomic E-state index is 5.64. The molecule has 0 unspecified atom stereocenters. The zero-order valence-electron chi connectivity index (χ0n) is 9.39. The topological polar surface area (TPSA) is 31.4 Å². The molecular weight excluding hydrogens is 202 g/mol. The normalized spacial score (nSPS) is 20.6. The summed E-state index contributed by atoms with van der Waals surface area (Å²) in [6, 6.07) is 5.78. The highest BCUT2D eigenvalue weighted by molar-refractivity contribution is 5.60. The summed E-state index contributed by atoms with van der Waals surface area (Å²) in [5.74, 6) is 0. The van der Waals surface area contributed by atoms with Crippen molar-refractivity contribution in [2.45, 2.75) is 25.6 Å². The number of aromatic nitrogens is 1. The molecule has 1 atom stereocenters. The Labute approximate surface area is 96.1 Å². The molecule has 0 amide bonds. The van der Waals surface area contributed by atoms with Gasteiger partial charge in [-0.05, 0) is 37.0 Å². The molecule has 3 heteroatoms. The van der Waals surface area contributed by atoms with Gasteiger partial charge in [-0.1, -0.05) is 12.6 Å². The molecule has 0 bridgehead atoms. The van der Waals surface area contributed by atoms with E-state index in [0.29, 0.717) is 6.61 Å². The van der Waals surface area contributed by atoms with Crippen molar-refractivity contribution < 1.29 is 9.47 Å². The van der Waals surface area contributed by atoms with Gasteiger partial charge in [-0.25, -0.2) is 0 Å². The van der Waals surface area contributed by atoms with Gasteiger partial charge in [0, 0.05) is 12.8 Å². The highest BCUT2D eigenvalue weighted by Crippen LogP contribution is 2.16. The van der Waals surface area contributed by atoms with Crippen LogP contribution in [0.15, 0.2) is 31.0 Å². The SMILES string of the molecule is C=C(CO[C@@H]1CCCCO1)c1ccccn1. The molecule has 2 heterocycles. The molecule has 1 aromatic heterocycles. The molecule has 0 aliphatic carbocycles. The monoisotopic (exact) mass is 219 g/mol. The van der Waals surface area contributed by atoms with E-state index in [1.165, 1.54) is 6.42 Å². The summed E-state index contributed by atoms with van der Waals surface area (Å²) in [6.07, 6.45) is 5.00. The first kappa shape index (κ1) is 11.3. The molecule has 1 saturated heterocycles. The largest absolute Gasteiger partial charge is 0.353 e. The van der Waals surface area contributed by atoms with Crippen LogP contribution in [-0.2, 0) is 9.47 Å². The zero-order valence-corrected chi connectivity index (χ0v) is 9.39. The van der Waals surface area contributed by atoms with Crippen molar-refractivity contribution in [2.24, 2.45) is 0 Å². The molecule has 1 aliphatic rings.